The van der Waals surface area contributed by atoms with Gasteiger partial charge in [-0.05, 0) is 5.92 Å². The summed E-state index contributed by atoms with van der Waals surface area (Å²) in [4.78, 5) is 16.7. The van der Waals surface area contributed by atoms with Crippen molar-refractivity contribution in [2.24, 2.45) is 5.92 Å². The van der Waals surface area contributed by atoms with E-state index >= 15 is 0 Å². The van der Waals surface area contributed by atoms with Crippen LogP contribution in [0.25, 0.3) is 0 Å². The summed E-state index contributed by atoms with van der Waals surface area (Å²) in [6.07, 6.45) is 0.537. The topological polar surface area (TPSA) is 40.5 Å². The Kier molecular flexibility index (Phi) is 9.76. The molecule has 8 heavy (non-hydrogen) atoms. The predicted molar refractivity (Wildman–Crippen MR) is 38.2 cm³/mol. The van der Waals surface area contributed by atoms with E-state index in [1.807, 2.05) is 13.8 Å². The Bertz CT molecular complexity index is 43.3. The standard InChI is InChI=1S/C4H11O2P.Na.H/c1-4(2)3-7(5)6;;/h4-6H,3H2,1-2H3;;. The van der Waals surface area contributed by atoms with Crippen LogP contribution in [0.15, 0.2) is 0 Å². The monoisotopic (exact) mass is 146 g/mol. The SMILES string of the molecule is CC(C)CP(O)O.[NaH]. The normalized spacial score (nSPS) is 9.75. The zero-order valence-electron chi connectivity index (χ0n) is 4.63. The van der Waals surface area contributed by atoms with Crippen LogP contribution in [0.3, 0.4) is 0 Å². The van der Waals surface area contributed by atoms with E-state index in [2.05, 4.69) is 0 Å². The molecule has 0 saturated carbocycles. The quantitative estimate of drug-likeness (QED) is 0.434. The van der Waals surface area contributed by atoms with Gasteiger partial charge >= 0.3 is 29.6 Å². The van der Waals surface area contributed by atoms with Crippen molar-refractivity contribution in [3.8, 4) is 0 Å². The van der Waals surface area contributed by atoms with Gasteiger partial charge < -0.3 is 9.79 Å². The van der Waals surface area contributed by atoms with Crippen molar-refractivity contribution in [2.75, 3.05) is 6.16 Å². The molecule has 2 nitrogen and oxygen atoms in total. The van der Waals surface area contributed by atoms with Gasteiger partial charge in [0.1, 0.15) is 0 Å². The summed E-state index contributed by atoms with van der Waals surface area (Å²) in [6, 6.07) is 0. The van der Waals surface area contributed by atoms with E-state index in [1.54, 1.807) is 0 Å². The first kappa shape index (κ1) is 12.1. The molecule has 0 radical (unpaired) electrons. The average Bonchev–Trinajstić information content (AvgIpc) is 1.27. The van der Waals surface area contributed by atoms with E-state index in [4.69, 9.17) is 9.79 Å². The second-order valence-electron chi connectivity index (χ2n) is 1.95. The third kappa shape index (κ3) is 10.4. The van der Waals surface area contributed by atoms with Crippen molar-refractivity contribution in [2.45, 2.75) is 13.8 Å². The molecular formula is C4H12NaO2P. The molecule has 0 spiro atoms. The molecule has 0 atom stereocenters. The van der Waals surface area contributed by atoms with Gasteiger partial charge in [0.05, 0.1) is 0 Å². The molecule has 0 aromatic heterocycles. The Balaban J connectivity index is 0. The zero-order chi connectivity index (χ0) is 5.86. The first-order valence-corrected chi connectivity index (χ1v) is 3.71. The second kappa shape index (κ2) is 6.47. The first-order chi connectivity index (χ1) is 3.13. The maximum absolute atomic E-state index is 8.34. The molecule has 0 unspecified atom stereocenters. The molecular weight excluding hydrogens is 134 g/mol. The van der Waals surface area contributed by atoms with Crippen molar-refractivity contribution in [1.29, 1.82) is 0 Å². The van der Waals surface area contributed by atoms with E-state index in [-0.39, 0.29) is 29.6 Å². The Morgan fingerprint density at radius 2 is 1.75 bits per heavy atom. The summed E-state index contributed by atoms with van der Waals surface area (Å²) in [5.41, 5.74) is 0. The molecule has 0 fully saturated rings. The van der Waals surface area contributed by atoms with Crippen LogP contribution in [0.4, 0.5) is 0 Å². The van der Waals surface area contributed by atoms with E-state index in [9.17, 15) is 0 Å². The van der Waals surface area contributed by atoms with Crippen LogP contribution in [0.1, 0.15) is 13.8 Å². The number of hydrogen-bond acceptors (Lipinski definition) is 2. The van der Waals surface area contributed by atoms with Crippen LogP contribution >= 0.6 is 8.38 Å². The minimum atomic E-state index is -1.64. The van der Waals surface area contributed by atoms with Crippen molar-refractivity contribution < 1.29 is 9.79 Å². The van der Waals surface area contributed by atoms with Gasteiger partial charge in [-0.25, -0.2) is 0 Å². The van der Waals surface area contributed by atoms with Gasteiger partial charge in [0.2, 0.25) is 0 Å². The van der Waals surface area contributed by atoms with Gasteiger partial charge in [0.25, 0.3) is 0 Å². The summed E-state index contributed by atoms with van der Waals surface area (Å²) >= 11 is 0. The third-order valence-corrected chi connectivity index (χ3v) is 1.59. The predicted octanol–water partition coefficient (Wildman–Crippen LogP) is 0.290. The Morgan fingerprint density at radius 1 is 1.38 bits per heavy atom. The summed E-state index contributed by atoms with van der Waals surface area (Å²) in [5, 5.41) is 0. The molecule has 46 valence electrons. The van der Waals surface area contributed by atoms with Gasteiger partial charge in [-0.2, -0.15) is 0 Å². The van der Waals surface area contributed by atoms with Crippen LogP contribution in [-0.2, 0) is 0 Å². The van der Waals surface area contributed by atoms with Crippen molar-refractivity contribution in [1.82, 2.24) is 0 Å². The second-order valence-corrected chi connectivity index (χ2v) is 3.06. The Morgan fingerprint density at radius 3 is 1.75 bits per heavy atom. The average molecular weight is 146 g/mol. The van der Waals surface area contributed by atoms with E-state index < -0.39 is 8.38 Å². The number of rotatable bonds is 2. The molecule has 0 aromatic carbocycles. The molecule has 4 heteroatoms. The van der Waals surface area contributed by atoms with E-state index in [1.165, 1.54) is 0 Å². The molecule has 0 aliphatic rings. The van der Waals surface area contributed by atoms with E-state index in [0.29, 0.717) is 12.1 Å². The van der Waals surface area contributed by atoms with Crippen LogP contribution < -0.4 is 0 Å². The van der Waals surface area contributed by atoms with Gasteiger partial charge in [0, 0.05) is 6.16 Å². The summed E-state index contributed by atoms with van der Waals surface area (Å²) in [7, 11) is -1.64. The minimum absolute atomic E-state index is 0. The summed E-state index contributed by atoms with van der Waals surface area (Å²) < 4.78 is 0. The maximum atomic E-state index is 8.34. The molecule has 0 rings (SSSR count). The van der Waals surface area contributed by atoms with Crippen LogP contribution in [0.5, 0.6) is 0 Å². The molecule has 0 aliphatic heterocycles. The van der Waals surface area contributed by atoms with Gasteiger partial charge in [0.15, 0.2) is 8.38 Å². The molecule has 2 N–H and O–H groups in total. The van der Waals surface area contributed by atoms with Crippen LogP contribution in [0.2, 0.25) is 0 Å². The zero-order valence-corrected chi connectivity index (χ0v) is 5.52. The summed E-state index contributed by atoms with van der Waals surface area (Å²) in [5.74, 6) is 0.404. The molecule has 0 saturated heterocycles. The fourth-order valence-electron chi connectivity index (χ4n) is 0.327. The number of hydrogen-bond donors (Lipinski definition) is 2. The van der Waals surface area contributed by atoms with Crippen molar-refractivity contribution in [3.63, 3.8) is 0 Å². The van der Waals surface area contributed by atoms with E-state index in [0.717, 1.165) is 0 Å². The molecule has 0 amide bonds. The molecule has 0 bridgehead atoms. The fourth-order valence-corrected chi connectivity index (χ4v) is 0.980. The Labute approximate surface area is 73.5 Å². The molecule has 0 aromatic rings. The molecule has 0 heterocycles. The van der Waals surface area contributed by atoms with Crippen LogP contribution in [-0.4, -0.2) is 45.5 Å². The Hall–Kier alpha value is 1.35. The van der Waals surface area contributed by atoms with Crippen molar-refractivity contribution >= 4 is 37.9 Å². The van der Waals surface area contributed by atoms with Crippen LogP contribution in [0, 0.1) is 5.92 Å². The first-order valence-electron chi connectivity index (χ1n) is 2.28. The molecule has 0 aliphatic carbocycles. The van der Waals surface area contributed by atoms with Gasteiger partial charge in [-0.3, -0.25) is 0 Å². The third-order valence-electron chi connectivity index (χ3n) is 0.528. The summed E-state index contributed by atoms with van der Waals surface area (Å²) in [6.45, 7) is 3.92. The fraction of sp³-hybridized carbons (Fsp3) is 1.00. The van der Waals surface area contributed by atoms with Gasteiger partial charge in [-0.15, -0.1) is 0 Å². The van der Waals surface area contributed by atoms with Gasteiger partial charge in [-0.1, -0.05) is 13.8 Å². The van der Waals surface area contributed by atoms with Crippen molar-refractivity contribution in [3.05, 3.63) is 0 Å².